The summed E-state index contributed by atoms with van der Waals surface area (Å²) in [5, 5.41) is 14.1. The van der Waals surface area contributed by atoms with Gasteiger partial charge in [0.25, 0.3) is 0 Å². The van der Waals surface area contributed by atoms with Crippen molar-refractivity contribution in [2.45, 2.75) is 24.4 Å². The van der Waals surface area contributed by atoms with Crippen LogP contribution in [-0.4, -0.2) is 35.1 Å². The zero-order valence-corrected chi connectivity index (χ0v) is 6.46. The number of carbonyl (C=O) groups excluding carboxylic acids is 1. The molecule has 66 valence electrons. The average molecular weight is 170 g/mol. The largest absolute Gasteiger partial charge is 0.480 e. The van der Waals surface area contributed by atoms with Gasteiger partial charge in [0.1, 0.15) is 11.6 Å². The molecule has 0 aromatic rings. The Bertz CT molecular complexity index is 253. The lowest BCUT2D eigenvalue weighted by atomic mass is 9.90. The minimum absolute atomic E-state index is 0.0637. The molecule has 0 radical (unpaired) electrons. The number of aliphatic carboxylic acids is 1. The lowest BCUT2D eigenvalue weighted by Gasteiger charge is -2.37. The SMILES string of the molecule is O=C(O)C1CCC2(CNC2=O)N1. The highest BCUT2D eigenvalue weighted by molar-refractivity contribution is 5.94. The smallest absolute Gasteiger partial charge is 0.320 e. The number of amides is 1. The van der Waals surface area contributed by atoms with Gasteiger partial charge in [0.2, 0.25) is 5.91 Å². The Morgan fingerprint density at radius 3 is 2.67 bits per heavy atom. The van der Waals surface area contributed by atoms with E-state index in [-0.39, 0.29) is 5.91 Å². The van der Waals surface area contributed by atoms with Crippen molar-refractivity contribution < 1.29 is 14.7 Å². The molecule has 2 saturated heterocycles. The van der Waals surface area contributed by atoms with Crippen molar-refractivity contribution in [1.29, 1.82) is 0 Å². The van der Waals surface area contributed by atoms with Gasteiger partial charge in [-0.1, -0.05) is 0 Å². The molecule has 2 heterocycles. The van der Waals surface area contributed by atoms with Crippen LogP contribution in [0.2, 0.25) is 0 Å². The molecule has 2 aliphatic heterocycles. The van der Waals surface area contributed by atoms with Crippen LogP contribution in [0.5, 0.6) is 0 Å². The van der Waals surface area contributed by atoms with Crippen molar-refractivity contribution in [3.63, 3.8) is 0 Å². The molecule has 0 saturated carbocycles. The molecule has 5 heteroatoms. The van der Waals surface area contributed by atoms with Gasteiger partial charge in [-0.05, 0) is 12.8 Å². The molecule has 1 spiro atoms. The number of hydrogen-bond donors (Lipinski definition) is 3. The first kappa shape index (κ1) is 7.54. The standard InChI is InChI=1S/C7H10N2O3/c10-5(11)4-1-2-7(9-4)3-8-6(7)12/h4,9H,1-3H2,(H,8,12)(H,10,11). The molecule has 5 nitrogen and oxygen atoms in total. The van der Waals surface area contributed by atoms with Gasteiger partial charge in [0.05, 0.1) is 0 Å². The molecule has 2 fully saturated rings. The quantitative estimate of drug-likeness (QED) is 0.427. The van der Waals surface area contributed by atoms with Crippen LogP contribution in [0.4, 0.5) is 0 Å². The highest BCUT2D eigenvalue weighted by atomic mass is 16.4. The molecule has 2 atom stereocenters. The van der Waals surface area contributed by atoms with Gasteiger partial charge in [-0.3, -0.25) is 14.9 Å². The molecule has 0 aromatic carbocycles. The number of carbonyl (C=O) groups is 2. The van der Waals surface area contributed by atoms with Crippen LogP contribution in [0.15, 0.2) is 0 Å². The summed E-state index contributed by atoms with van der Waals surface area (Å²) in [6.07, 6.45) is 1.18. The third-order valence-corrected chi connectivity index (χ3v) is 2.59. The summed E-state index contributed by atoms with van der Waals surface area (Å²) >= 11 is 0. The Morgan fingerprint density at radius 1 is 1.67 bits per heavy atom. The van der Waals surface area contributed by atoms with E-state index in [0.717, 1.165) is 0 Å². The fraction of sp³-hybridized carbons (Fsp3) is 0.714. The minimum Gasteiger partial charge on any atom is -0.480 e. The number of carboxylic acids is 1. The van der Waals surface area contributed by atoms with Gasteiger partial charge in [-0.15, -0.1) is 0 Å². The van der Waals surface area contributed by atoms with Crippen LogP contribution in [-0.2, 0) is 9.59 Å². The maximum absolute atomic E-state index is 11.1. The molecule has 2 unspecified atom stereocenters. The van der Waals surface area contributed by atoms with E-state index in [4.69, 9.17) is 5.11 Å². The maximum atomic E-state index is 11.1. The summed E-state index contributed by atoms with van der Waals surface area (Å²) < 4.78 is 0. The summed E-state index contributed by atoms with van der Waals surface area (Å²) in [5.41, 5.74) is -0.553. The zero-order valence-electron chi connectivity index (χ0n) is 6.46. The van der Waals surface area contributed by atoms with Gasteiger partial charge in [0, 0.05) is 6.54 Å². The predicted octanol–water partition coefficient (Wildman–Crippen LogP) is -1.31. The van der Waals surface area contributed by atoms with E-state index < -0.39 is 17.6 Å². The number of hydrogen-bond acceptors (Lipinski definition) is 3. The van der Waals surface area contributed by atoms with E-state index in [1.54, 1.807) is 0 Å². The van der Waals surface area contributed by atoms with E-state index in [9.17, 15) is 9.59 Å². The normalized spacial score (nSPS) is 39.3. The van der Waals surface area contributed by atoms with E-state index >= 15 is 0 Å². The van der Waals surface area contributed by atoms with Crippen molar-refractivity contribution in [1.82, 2.24) is 10.6 Å². The van der Waals surface area contributed by atoms with Crippen molar-refractivity contribution in [2.75, 3.05) is 6.54 Å². The highest BCUT2D eigenvalue weighted by Gasteiger charge is 2.52. The van der Waals surface area contributed by atoms with E-state index in [1.807, 2.05) is 0 Å². The second-order valence-electron chi connectivity index (χ2n) is 3.34. The van der Waals surface area contributed by atoms with Crippen molar-refractivity contribution >= 4 is 11.9 Å². The number of nitrogens with one attached hydrogen (secondary N) is 2. The van der Waals surface area contributed by atoms with Gasteiger partial charge >= 0.3 is 5.97 Å². The second kappa shape index (κ2) is 2.20. The van der Waals surface area contributed by atoms with E-state index in [0.29, 0.717) is 19.4 Å². The molecule has 0 bridgehead atoms. The van der Waals surface area contributed by atoms with Crippen molar-refractivity contribution in [3.8, 4) is 0 Å². The third-order valence-electron chi connectivity index (χ3n) is 2.59. The molecular weight excluding hydrogens is 160 g/mol. The van der Waals surface area contributed by atoms with Crippen LogP contribution in [0.1, 0.15) is 12.8 Å². The number of carboxylic acid groups (broad SMARTS) is 1. The van der Waals surface area contributed by atoms with Crippen molar-refractivity contribution in [3.05, 3.63) is 0 Å². The van der Waals surface area contributed by atoms with Crippen molar-refractivity contribution in [2.24, 2.45) is 0 Å². The first-order valence-electron chi connectivity index (χ1n) is 3.93. The van der Waals surface area contributed by atoms with Gasteiger partial charge < -0.3 is 10.4 Å². The zero-order chi connectivity index (χ0) is 8.77. The summed E-state index contributed by atoms with van der Waals surface area (Å²) in [7, 11) is 0. The second-order valence-corrected chi connectivity index (χ2v) is 3.34. The van der Waals surface area contributed by atoms with E-state index in [2.05, 4.69) is 10.6 Å². The fourth-order valence-electron chi connectivity index (χ4n) is 1.75. The summed E-state index contributed by atoms with van der Waals surface area (Å²) in [5.74, 6) is -0.933. The van der Waals surface area contributed by atoms with Crippen LogP contribution in [0.25, 0.3) is 0 Å². The van der Waals surface area contributed by atoms with Gasteiger partial charge in [0.15, 0.2) is 0 Å². The highest BCUT2D eigenvalue weighted by Crippen LogP contribution is 2.27. The third kappa shape index (κ3) is 0.828. The van der Waals surface area contributed by atoms with E-state index in [1.165, 1.54) is 0 Å². The first-order valence-corrected chi connectivity index (χ1v) is 3.93. The Balaban J connectivity index is 2.07. The first-order chi connectivity index (χ1) is 5.64. The molecular formula is C7H10N2O3. The van der Waals surface area contributed by atoms with Gasteiger partial charge in [-0.2, -0.15) is 0 Å². The lowest BCUT2D eigenvalue weighted by Crippen LogP contribution is -2.70. The Morgan fingerprint density at radius 2 is 2.42 bits per heavy atom. The molecule has 0 aromatic heterocycles. The monoisotopic (exact) mass is 170 g/mol. The summed E-state index contributed by atoms with van der Waals surface area (Å²) in [4.78, 5) is 21.6. The predicted molar refractivity (Wildman–Crippen MR) is 39.5 cm³/mol. The minimum atomic E-state index is -0.869. The Kier molecular flexibility index (Phi) is 1.38. The molecule has 2 aliphatic rings. The molecule has 12 heavy (non-hydrogen) atoms. The molecule has 3 N–H and O–H groups in total. The maximum Gasteiger partial charge on any atom is 0.320 e. The molecule has 1 amide bonds. The topological polar surface area (TPSA) is 78.4 Å². The Hall–Kier alpha value is -1.10. The summed E-state index contributed by atoms with van der Waals surface area (Å²) in [6, 6.07) is -0.545. The number of β-lactam (4-membered cyclic amide) rings is 1. The lowest BCUT2D eigenvalue weighted by molar-refractivity contribution is -0.140. The Labute approximate surface area is 69.1 Å². The van der Waals surface area contributed by atoms with Crippen LogP contribution in [0, 0.1) is 0 Å². The van der Waals surface area contributed by atoms with Crippen LogP contribution < -0.4 is 10.6 Å². The fourth-order valence-corrected chi connectivity index (χ4v) is 1.75. The molecule has 0 aliphatic carbocycles. The molecule has 2 rings (SSSR count). The van der Waals surface area contributed by atoms with Gasteiger partial charge in [-0.25, -0.2) is 0 Å². The van der Waals surface area contributed by atoms with Crippen LogP contribution >= 0.6 is 0 Å². The summed E-state index contributed by atoms with van der Waals surface area (Å²) in [6.45, 7) is 0.565. The van der Waals surface area contributed by atoms with Crippen LogP contribution in [0.3, 0.4) is 0 Å². The average Bonchev–Trinajstić information content (AvgIpc) is 2.48. The number of rotatable bonds is 1.